The van der Waals surface area contributed by atoms with Crippen molar-refractivity contribution in [2.24, 2.45) is 0 Å². The fraction of sp³-hybridized carbons (Fsp3) is 0.429. The lowest BCUT2D eigenvalue weighted by Gasteiger charge is -2.40. The Morgan fingerprint density at radius 2 is 1.97 bits per heavy atom. The van der Waals surface area contributed by atoms with Crippen molar-refractivity contribution < 1.29 is 17.9 Å². The predicted molar refractivity (Wildman–Crippen MR) is 140 cm³/mol. The second kappa shape index (κ2) is 10.1. The van der Waals surface area contributed by atoms with E-state index in [0.717, 1.165) is 85.6 Å². The number of benzene rings is 1. The Balaban J connectivity index is 1.22. The zero-order valence-electron chi connectivity index (χ0n) is 21.3. The average molecular weight is 525 g/mol. The van der Waals surface area contributed by atoms with Gasteiger partial charge >= 0.3 is 6.18 Å². The number of H-pyrrole nitrogens is 1. The van der Waals surface area contributed by atoms with Crippen LogP contribution >= 0.6 is 0 Å². The first-order chi connectivity index (χ1) is 18.3. The molecule has 0 saturated carbocycles. The Morgan fingerprint density at radius 3 is 2.68 bits per heavy atom. The topological polar surface area (TPSA) is 62.2 Å². The lowest BCUT2D eigenvalue weighted by Crippen LogP contribution is -2.51. The van der Waals surface area contributed by atoms with Crippen molar-refractivity contribution in [3.8, 4) is 11.4 Å². The molecule has 2 aliphatic heterocycles. The summed E-state index contributed by atoms with van der Waals surface area (Å²) in [7, 11) is 0. The van der Waals surface area contributed by atoms with E-state index in [1.807, 2.05) is 16.8 Å². The monoisotopic (exact) mass is 524 g/mol. The molecular weight excluding hydrogens is 493 g/mol. The number of anilines is 1. The number of aromatic nitrogens is 4. The molecule has 200 valence electrons. The van der Waals surface area contributed by atoms with Crippen LogP contribution in [0.3, 0.4) is 0 Å². The SMILES string of the molecule is CC1CN(Cc2cn(C3CCCCO3)nc2-c2cc3ccccc3[nH]2)CCN1c1ccc(C(F)(F)F)cn1. The third kappa shape index (κ3) is 5.02. The van der Waals surface area contributed by atoms with Gasteiger partial charge in [0.25, 0.3) is 0 Å². The molecule has 7 nitrogen and oxygen atoms in total. The van der Waals surface area contributed by atoms with Crippen molar-refractivity contribution in [2.45, 2.75) is 51.2 Å². The fourth-order valence-corrected chi connectivity index (χ4v) is 5.53. The maximum absolute atomic E-state index is 13.0. The first-order valence-electron chi connectivity index (χ1n) is 13.1. The van der Waals surface area contributed by atoms with Crippen molar-refractivity contribution in [1.82, 2.24) is 24.6 Å². The third-order valence-electron chi connectivity index (χ3n) is 7.52. The zero-order valence-corrected chi connectivity index (χ0v) is 21.3. The van der Waals surface area contributed by atoms with E-state index >= 15 is 0 Å². The molecule has 1 aromatic carbocycles. The summed E-state index contributed by atoms with van der Waals surface area (Å²) in [5.41, 5.74) is 3.38. The number of rotatable bonds is 5. The van der Waals surface area contributed by atoms with Crippen molar-refractivity contribution in [1.29, 1.82) is 0 Å². The van der Waals surface area contributed by atoms with Gasteiger partial charge in [0, 0.05) is 67.7 Å². The van der Waals surface area contributed by atoms with E-state index in [0.29, 0.717) is 12.4 Å². The molecule has 3 aromatic heterocycles. The number of piperazine rings is 1. The van der Waals surface area contributed by atoms with Gasteiger partial charge in [0.05, 0.1) is 11.3 Å². The van der Waals surface area contributed by atoms with Crippen LogP contribution in [-0.4, -0.2) is 56.9 Å². The lowest BCUT2D eigenvalue weighted by molar-refractivity contribution is -0.137. The summed E-state index contributed by atoms with van der Waals surface area (Å²) >= 11 is 0. The number of hydrogen-bond acceptors (Lipinski definition) is 5. The summed E-state index contributed by atoms with van der Waals surface area (Å²) in [6.07, 6.45) is 1.75. The number of hydrogen-bond donors (Lipinski definition) is 1. The summed E-state index contributed by atoms with van der Waals surface area (Å²) in [5, 5.41) is 6.14. The van der Waals surface area contributed by atoms with E-state index < -0.39 is 11.7 Å². The van der Waals surface area contributed by atoms with E-state index in [9.17, 15) is 13.2 Å². The standard InChI is InChI=1S/C28H31F3N6O/c1-19-16-35(11-12-36(19)25-10-9-22(15-32-25)28(29,30)31)17-21-18-37(26-8-4-5-13-38-26)34-27(21)24-14-20-6-2-3-7-23(20)33-24/h2-3,6-7,9-10,14-15,18-19,26,33H,4-5,8,11-13,16-17H2,1H3. The number of pyridine rings is 1. The zero-order chi connectivity index (χ0) is 26.3. The van der Waals surface area contributed by atoms with Gasteiger partial charge in [0.15, 0.2) is 0 Å². The molecule has 2 saturated heterocycles. The molecule has 2 fully saturated rings. The van der Waals surface area contributed by atoms with Gasteiger partial charge in [-0.15, -0.1) is 0 Å². The molecule has 2 aliphatic rings. The van der Waals surface area contributed by atoms with Crippen LogP contribution in [0.2, 0.25) is 0 Å². The van der Waals surface area contributed by atoms with Gasteiger partial charge in [-0.1, -0.05) is 18.2 Å². The number of halogens is 3. The second-order valence-electron chi connectivity index (χ2n) is 10.3. The van der Waals surface area contributed by atoms with Crippen LogP contribution in [0.5, 0.6) is 0 Å². The number of nitrogens with one attached hydrogen (secondary N) is 1. The number of aromatic amines is 1. The summed E-state index contributed by atoms with van der Waals surface area (Å²) < 4.78 is 46.9. The highest BCUT2D eigenvalue weighted by molar-refractivity contribution is 5.85. The second-order valence-corrected chi connectivity index (χ2v) is 10.3. The van der Waals surface area contributed by atoms with Crippen LogP contribution in [0.4, 0.5) is 19.0 Å². The normalized spacial score (nSPS) is 21.3. The van der Waals surface area contributed by atoms with Gasteiger partial charge < -0.3 is 14.6 Å². The average Bonchev–Trinajstić information content (AvgIpc) is 3.53. The Kier molecular flexibility index (Phi) is 6.61. The quantitative estimate of drug-likeness (QED) is 0.355. The Hall–Kier alpha value is -3.37. The van der Waals surface area contributed by atoms with Gasteiger partial charge in [-0.25, -0.2) is 9.67 Å². The van der Waals surface area contributed by atoms with Crippen LogP contribution in [0.25, 0.3) is 22.3 Å². The highest BCUT2D eigenvalue weighted by atomic mass is 19.4. The van der Waals surface area contributed by atoms with Gasteiger partial charge in [-0.05, 0) is 50.5 Å². The Morgan fingerprint density at radius 1 is 1.11 bits per heavy atom. The van der Waals surface area contributed by atoms with Gasteiger partial charge in [0.1, 0.15) is 17.7 Å². The third-order valence-corrected chi connectivity index (χ3v) is 7.52. The van der Waals surface area contributed by atoms with Crippen LogP contribution in [0.15, 0.2) is 54.9 Å². The molecule has 2 atom stereocenters. The first kappa shape index (κ1) is 24.9. The summed E-state index contributed by atoms with van der Waals surface area (Å²) in [4.78, 5) is 12.1. The van der Waals surface area contributed by atoms with Crippen molar-refractivity contribution in [2.75, 3.05) is 31.1 Å². The van der Waals surface area contributed by atoms with E-state index in [2.05, 4.69) is 51.1 Å². The number of alkyl halides is 3. The molecule has 0 amide bonds. The van der Waals surface area contributed by atoms with E-state index in [-0.39, 0.29) is 12.3 Å². The molecular formula is C28H31F3N6O. The minimum absolute atomic E-state index is 0.0536. The highest BCUT2D eigenvalue weighted by Gasteiger charge is 2.32. The van der Waals surface area contributed by atoms with Gasteiger partial charge in [-0.2, -0.15) is 18.3 Å². The number of ether oxygens (including phenoxy) is 1. The van der Waals surface area contributed by atoms with Crippen LogP contribution in [-0.2, 0) is 17.5 Å². The molecule has 10 heteroatoms. The van der Waals surface area contributed by atoms with E-state index in [4.69, 9.17) is 9.84 Å². The molecule has 0 spiro atoms. The summed E-state index contributed by atoms with van der Waals surface area (Å²) in [6, 6.07) is 13.0. The molecule has 38 heavy (non-hydrogen) atoms. The van der Waals surface area contributed by atoms with Gasteiger partial charge in [0.2, 0.25) is 0 Å². The number of fused-ring (bicyclic) bond motifs is 1. The Labute approximate surface area is 219 Å². The van der Waals surface area contributed by atoms with Gasteiger partial charge in [-0.3, -0.25) is 4.90 Å². The van der Waals surface area contributed by atoms with Crippen molar-refractivity contribution in [3.05, 3.63) is 66.0 Å². The molecule has 6 rings (SSSR count). The maximum Gasteiger partial charge on any atom is 0.417 e. The molecule has 0 radical (unpaired) electrons. The number of nitrogens with zero attached hydrogens (tertiary/aromatic N) is 5. The van der Waals surface area contributed by atoms with E-state index in [1.165, 1.54) is 6.07 Å². The van der Waals surface area contributed by atoms with Crippen LogP contribution < -0.4 is 4.90 Å². The summed E-state index contributed by atoms with van der Waals surface area (Å²) in [5.74, 6) is 0.575. The lowest BCUT2D eigenvalue weighted by atomic mass is 10.1. The van der Waals surface area contributed by atoms with Crippen molar-refractivity contribution >= 4 is 16.7 Å². The fourth-order valence-electron chi connectivity index (χ4n) is 5.53. The highest BCUT2D eigenvalue weighted by Crippen LogP contribution is 2.32. The molecule has 1 N–H and O–H groups in total. The van der Waals surface area contributed by atoms with Crippen LogP contribution in [0.1, 0.15) is 43.5 Å². The molecule has 0 aliphatic carbocycles. The number of para-hydroxylation sites is 1. The Bertz CT molecular complexity index is 1360. The summed E-state index contributed by atoms with van der Waals surface area (Å²) in [6.45, 7) is 5.77. The largest absolute Gasteiger partial charge is 0.417 e. The molecule has 2 unspecified atom stereocenters. The predicted octanol–water partition coefficient (Wildman–Crippen LogP) is 5.86. The van der Waals surface area contributed by atoms with Crippen LogP contribution in [0, 0.1) is 0 Å². The smallest absolute Gasteiger partial charge is 0.357 e. The minimum Gasteiger partial charge on any atom is -0.357 e. The van der Waals surface area contributed by atoms with E-state index in [1.54, 1.807) is 0 Å². The minimum atomic E-state index is -4.38. The van der Waals surface area contributed by atoms with Crippen molar-refractivity contribution in [3.63, 3.8) is 0 Å². The first-order valence-corrected chi connectivity index (χ1v) is 13.1. The maximum atomic E-state index is 13.0. The molecule has 0 bridgehead atoms. The molecule has 4 aromatic rings. The molecule has 5 heterocycles.